The van der Waals surface area contributed by atoms with Gasteiger partial charge in [-0.05, 0) is 36.6 Å². The smallest absolute Gasteiger partial charge is 0.273 e. The maximum absolute atomic E-state index is 13.0. The van der Waals surface area contributed by atoms with E-state index in [1.54, 1.807) is 16.4 Å². The Kier molecular flexibility index (Phi) is 4.81. The Morgan fingerprint density at radius 1 is 1.19 bits per heavy atom. The second kappa shape index (κ2) is 7.40. The summed E-state index contributed by atoms with van der Waals surface area (Å²) in [5.41, 5.74) is 2.12. The molecule has 8 heteroatoms. The molecule has 7 nitrogen and oxygen atoms in total. The molecular formula is C19H20N6OS. The van der Waals surface area contributed by atoms with Gasteiger partial charge in [0, 0.05) is 18.6 Å². The molecule has 0 spiro atoms. The van der Waals surface area contributed by atoms with E-state index in [1.807, 2.05) is 66.4 Å². The normalized spacial score (nSPS) is 12.5. The minimum absolute atomic E-state index is 0.203. The van der Waals surface area contributed by atoms with Crippen LogP contribution in [0.1, 0.15) is 28.8 Å². The molecule has 0 radical (unpaired) electrons. The number of thioether (sulfide) groups is 1. The summed E-state index contributed by atoms with van der Waals surface area (Å²) in [7, 11) is 1.84. The van der Waals surface area contributed by atoms with Gasteiger partial charge < -0.3 is 5.32 Å². The maximum Gasteiger partial charge on any atom is 0.273 e. The first kappa shape index (κ1) is 17.5. The molecule has 0 saturated carbocycles. The number of aromatic nitrogens is 5. The van der Waals surface area contributed by atoms with Crippen LogP contribution >= 0.6 is 11.8 Å². The molecule has 0 saturated heterocycles. The van der Waals surface area contributed by atoms with E-state index in [-0.39, 0.29) is 11.9 Å². The van der Waals surface area contributed by atoms with E-state index >= 15 is 0 Å². The molecule has 1 N–H and O–H groups in total. The molecule has 138 valence electrons. The highest BCUT2D eigenvalue weighted by Crippen LogP contribution is 2.21. The summed E-state index contributed by atoms with van der Waals surface area (Å²) in [5.74, 6) is 1.43. The Bertz CT molecular complexity index is 1100. The summed E-state index contributed by atoms with van der Waals surface area (Å²) in [5, 5.41) is 16.9. The zero-order chi connectivity index (χ0) is 18.8. The van der Waals surface area contributed by atoms with E-state index < -0.39 is 0 Å². The number of fused-ring (bicyclic) bond motifs is 2. The Balaban J connectivity index is 1.68. The Hall–Kier alpha value is -2.87. The lowest BCUT2D eigenvalue weighted by Gasteiger charge is -2.16. The van der Waals surface area contributed by atoms with Gasteiger partial charge in [-0.25, -0.2) is 0 Å². The average molecular weight is 380 g/mol. The van der Waals surface area contributed by atoms with Crippen molar-refractivity contribution in [2.24, 2.45) is 7.05 Å². The SMILES string of the molecule is CSCC[C@@H](NC(=O)c1nn(C)c2ccccc12)c1nnc2ccccn12. The molecule has 4 rings (SSSR count). The van der Waals surface area contributed by atoms with Crippen molar-refractivity contribution in [3.8, 4) is 0 Å². The Morgan fingerprint density at radius 2 is 2.00 bits per heavy atom. The number of benzene rings is 1. The lowest BCUT2D eigenvalue weighted by Crippen LogP contribution is -2.31. The first-order valence-corrected chi connectivity index (χ1v) is 10.1. The van der Waals surface area contributed by atoms with Crippen molar-refractivity contribution in [3.63, 3.8) is 0 Å². The maximum atomic E-state index is 13.0. The number of carbonyl (C=O) groups excluding carboxylic acids is 1. The minimum Gasteiger partial charge on any atom is -0.341 e. The summed E-state index contributed by atoms with van der Waals surface area (Å²) < 4.78 is 3.65. The van der Waals surface area contributed by atoms with Crippen LogP contribution < -0.4 is 5.32 Å². The molecule has 4 aromatic rings. The van der Waals surface area contributed by atoms with Crippen LogP contribution in [0.25, 0.3) is 16.6 Å². The van der Waals surface area contributed by atoms with Crippen molar-refractivity contribution in [2.45, 2.75) is 12.5 Å². The van der Waals surface area contributed by atoms with Gasteiger partial charge in [0.15, 0.2) is 17.2 Å². The van der Waals surface area contributed by atoms with Crippen LogP contribution in [0.5, 0.6) is 0 Å². The first-order valence-electron chi connectivity index (χ1n) is 8.70. The predicted molar refractivity (Wildman–Crippen MR) is 107 cm³/mol. The van der Waals surface area contributed by atoms with Crippen LogP contribution in [0.2, 0.25) is 0 Å². The molecule has 1 atom stereocenters. The molecule has 27 heavy (non-hydrogen) atoms. The lowest BCUT2D eigenvalue weighted by atomic mass is 10.1. The molecule has 3 aromatic heterocycles. The second-order valence-electron chi connectivity index (χ2n) is 6.28. The number of pyridine rings is 1. The molecule has 0 aliphatic carbocycles. The third kappa shape index (κ3) is 3.28. The van der Waals surface area contributed by atoms with Crippen molar-refractivity contribution < 1.29 is 4.79 Å². The van der Waals surface area contributed by atoms with Crippen molar-refractivity contribution in [3.05, 3.63) is 60.2 Å². The summed E-state index contributed by atoms with van der Waals surface area (Å²) >= 11 is 1.73. The fourth-order valence-corrected chi connectivity index (χ4v) is 3.68. The largest absolute Gasteiger partial charge is 0.341 e. The predicted octanol–water partition coefficient (Wildman–Crippen LogP) is 2.84. The van der Waals surface area contributed by atoms with Crippen molar-refractivity contribution in [2.75, 3.05) is 12.0 Å². The summed E-state index contributed by atoms with van der Waals surface area (Å²) in [6, 6.07) is 13.2. The van der Waals surface area contributed by atoms with E-state index in [4.69, 9.17) is 0 Å². The van der Waals surface area contributed by atoms with Gasteiger partial charge in [-0.1, -0.05) is 24.3 Å². The number of carbonyl (C=O) groups is 1. The molecular weight excluding hydrogens is 360 g/mol. The Labute approximate surface area is 160 Å². The topological polar surface area (TPSA) is 77.1 Å². The van der Waals surface area contributed by atoms with Crippen LogP contribution in [0.3, 0.4) is 0 Å². The zero-order valence-electron chi connectivity index (χ0n) is 15.2. The van der Waals surface area contributed by atoms with Crippen molar-refractivity contribution in [1.82, 2.24) is 29.7 Å². The zero-order valence-corrected chi connectivity index (χ0v) is 16.0. The highest BCUT2D eigenvalue weighted by Gasteiger charge is 2.23. The van der Waals surface area contributed by atoms with Crippen LogP contribution in [0.4, 0.5) is 0 Å². The third-order valence-corrected chi connectivity index (χ3v) is 5.18. The fourth-order valence-electron chi connectivity index (χ4n) is 3.21. The third-order valence-electron chi connectivity index (χ3n) is 4.54. The highest BCUT2D eigenvalue weighted by molar-refractivity contribution is 7.98. The van der Waals surface area contributed by atoms with E-state index in [2.05, 4.69) is 20.6 Å². The van der Waals surface area contributed by atoms with Gasteiger partial charge in [-0.15, -0.1) is 10.2 Å². The molecule has 0 aliphatic heterocycles. The van der Waals surface area contributed by atoms with Gasteiger partial charge in [0.2, 0.25) is 0 Å². The van der Waals surface area contributed by atoms with Gasteiger partial charge in [0.25, 0.3) is 5.91 Å². The van der Waals surface area contributed by atoms with Crippen LogP contribution in [-0.2, 0) is 7.05 Å². The van der Waals surface area contributed by atoms with Gasteiger partial charge in [-0.3, -0.25) is 13.9 Å². The summed E-state index contributed by atoms with van der Waals surface area (Å²) in [6.07, 6.45) is 4.72. The standard InChI is InChI=1S/C19H20N6OS/c1-24-15-8-4-3-7-13(15)17(23-24)19(26)20-14(10-12-27-2)18-22-21-16-9-5-6-11-25(16)18/h3-9,11,14H,10,12H2,1-2H3,(H,20,26)/t14-/m1/s1. The van der Waals surface area contributed by atoms with Crippen LogP contribution in [-0.4, -0.2) is 42.3 Å². The molecule has 1 amide bonds. The van der Waals surface area contributed by atoms with E-state index in [9.17, 15) is 4.79 Å². The monoisotopic (exact) mass is 380 g/mol. The van der Waals surface area contributed by atoms with E-state index in [0.717, 1.165) is 34.5 Å². The number of hydrogen-bond donors (Lipinski definition) is 1. The van der Waals surface area contributed by atoms with E-state index in [0.29, 0.717) is 5.69 Å². The molecule has 3 heterocycles. The van der Waals surface area contributed by atoms with Gasteiger partial charge in [0.1, 0.15) is 0 Å². The number of para-hydroxylation sites is 1. The molecule has 0 unspecified atom stereocenters. The number of nitrogens with zero attached hydrogens (tertiary/aromatic N) is 5. The van der Waals surface area contributed by atoms with Gasteiger partial charge in [0.05, 0.1) is 11.6 Å². The average Bonchev–Trinajstić information content (AvgIpc) is 3.27. The molecule has 1 aromatic carbocycles. The highest BCUT2D eigenvalue weighted by atomic mass is 32.2. The van der Waals surface area contributed by atoms with E-state index in [1.165, 1.54) is 0 Å². The number of rotatable bonds is 6. The molecule has 0 fully saturated rings. The quantitative estimate of drug-likeness (QED) is 0.557. The number of aryl methyl sites for hydroxylation is 1. The molecule has 0 aliphatic rings. The first-order chi connectivity index (χ1) is 13.2. The summed E-state index contributed by atoms with van der Waals surface area (Å²) in [4.78, 5) is 13.0. The van der Waals surface area contributed by atoms with Gasteiger partial charge >= 0.3 is 0 Å². The lowest BCUT2D eigenvalue weighted by molar-refractivity contribution is 0.0929. The van der Waals surface area contributed by atoms with Crippen molar-refractivity contribution in [1.29, 1.82) is 0 Å². The number of amides is 1. The summed E-state index contributed by atoms with van der Waals surface area (Å²) in [6.45, 7) is 0. The van der Waals surface area contributed by atoms with Crippen molar-refractivity contribution >= 4 is 34.2 Å². The minimum atomic E-state index is -0.247. The van der Waals surface area contributed by atoms with Gasteiger partial charge in [-0.2, -0.15) is 16.9 Å². The molecule has 0 bridgehead atoms. The van der Waals surface area contributed by atoms with Crippen LogP contribution in [0, 0.1) is 0 Å². The fraction of sp³-hybridized carbons (Fsp3) is 0.263. The second-order valence-corrected chi connectivity index (χ2v) is 7.27. The number of hydrogen-bond acceptors (Lipinski definition) is 5. The Morgan fingerprint density at radius 3 is 2.85 bits per heavy atom. The number of nitrogens with one attached hydrogen (secondary N) is 1. The van der Waals surface area contributed by atoms with Crippen LogP contribution in [0.15, 0.2) is 48.7 Å².